The first kappa shape index (κ1) is 21.0. The van der Waals surface area contributed by atoms with Crippen LogP contribution in [0.15, 0.2) is 28.4 Å². The summed E-state index contributed by atoms with van der Waals surface area (Å²) in [5.41, 5.74) is 2.87. The van der Waals surface area contributed by atoms with Crippen LogP contribution in [-0.2, 0) is 27.4 Å². The third kappa shape index (κ3) is 4.71. The van der Waals surface area contributed by atoms with E-state index in [1.807, 2.05) is 26.0 Å². The normalized spacial score (nSPS) is 11.4. The van der Waals surface area contributed by atoms with E-state index in [0.29, 0.717) is 5.92 Å². The molecule has 7 heteroatoms. The van der Waals surface area contributed by atoms with Crippen molar-refractivity contribution in [3.8, 4) is 6.07 Å². The van der Waals surface area contributed by atoms with Gasteiger partial charge in [0, 0.05) is 17.9 Å². The van der Waals surface area contributed by atoms with Gasteiger partial charge in [-0.05, 0) is 43.5 Å². The molecule has 0 bridgehead atoms. The molecule has 0 aromatic carbocycles. The lowest BCUT2D eigenvalue weighted by Gasteiger charge is -2.12. The second kappa shape index (κ2) is 9.09. The third-order valence-corrected chi connectivity index (χ3v) is 4.29. The summed E-state index contributed by atoms with van der Waals surface area (Å²) < 4.78 is 17.1. The van der Waals surface area contributed by atoms with Crippen molar-refractivity contribution < 1.29 is 23.5 Å². The van der Waals surface area contributed by atoms with Gasteiger partial charge in [0.05, 0.1) is 13.4 Å². The van der Waals surface area contributed by atoms with E-state index in [2.05, 4.69) is 23.2 Å². The number of rotatable bonds is 7. The summed E-state index contributed by atoms with van der Waals surface area (Å²) in [4.78, 5) is 24.0. The quantitative estimate of drug-likeness (QED) is 0.409. The highest BCUT2D eigenvalue weighted by atomic mass is 16.5. The summed E-state index contributed by atoms with van der Waals surface area (Å²) in [5, 5.41) is 9.38. The number of furan rings is 1. The van der Waals surface area contributed by atoms with Gasteiger partial charge in [0.2, 0.25) is 0 Å². The molecule has 0 aliphatic rings. The molecule has 0 amide bonds. The average Bonchev–Trinajstić information content (AvgIpc) is 3.23. The Labute approximate surface area is 164 Å². The van der Waals surface area contributed by atoms with Crippen LogP contribution in [-0.4, -0.2) is 23.6 Å². The number of nitrogens with zero attached hydrogens (tertiary/aromatic N) is 2. The Balaban J connectivity index is 2.17. The van der Waals surface area contributed by atoms with Crippen molar-refractivity contribution in [1.29, 1.82) is 5.26 Å². The molecule has 0 spiro atoms. The van der Waals surface area contributed by atoms with Gasteiger partial charge in [-0.2, -0.15) is 5.26 Å². The number of esters is 2. The number of hydrogen-bond donors (Lipinski definition) is 0. The van der Waals surface area contributed by atoms with E-state index in [1.54, 1.807) is 0 Å². The molecule has 28 heavy (non-hydrogen) atoms. The van der Waals surface area contributed by atoms with Gasteiger partial charge in [-0.1, -0.05) is 13.8 Å². The van der Waals surface area contributed by atoms with Gasteiger partial charge in [-0.25, -0.2) is 9.59 Å². The fourth-order valence-corrected chi connectivity index (χ4v) is 2.87. The molecule has 148 valence electrons. The number of aromatic nitrogens is 1. The Kier molecular flexibility index (Phi) is 6.83. The highest BCUT2D eigenvalue weighted by Gasteiger charge is 2.19. The number of hydrogen-bond acceptors (Lipinski definition) is 6. The zero-order chi connectivity index (χ0) is 20.8. The smallest absolute Gasteiger partial charge is 0.349 e. The van der Waals surface area contributed by atoms with Gasteiger partial charge >= 0.3 is 11.9 Å². The van der Waals surface area contributed by atoms with E-state index in [9.17, 15) is 14.9 Å². The van der Waals surface area contributed by atoms with Gasteiger partial charge in [0.15, 0.2) is 12.4 Å². The van der Waals surface area contributed by atoms with Gasteiger partial charge in [0.1, 0.15) is 17.2 Å². The van der Waals surface area contributed by atoms with E-state index >= 15 is 0 Å². The molecule has 2 aromatic rings. The molecule has 0 fully saturated rings. The zero-order valence-corrected chi connectivity index (χ0v) is 16.7. The lowest BCUT2D eigenvalue weighted by atomic mass is 10.1. The zero-order valence-electron chi connectivity index (χ0n) is 16.7. The van der Waals surface area contributed by atoms with Gasteiger partial charge in [-0.3, -0.25) is 0 Å². The minimum atomic E-state index is -0.789. The molecule has 0 aliphatic heterocycles. The van der Waals surface area contributed by atoms with Gasteiger partial charge in [0.25, 0.3) is 0 Å². The molecule has 2 rings (SSSR count). The molecule has 7 nitrogen and oxygen atoms in total. The van der Waals surface area contributed by atoms with E-state index < -0.39 is 11.9 Å². The highest BCUT2D eigenvalue weighted by molar-refractivity contribution is 5.98. The van der Waals surface area contributed by atoms with Crippen LogP contribution in [0.4, 0.5) is 0 Å². The van der Waals surface area contributed by atoms with Crippen LogP contribution in [0.5, 0.6) is 0 Å². The maximum Gasteiger partial charge on any atom is 0.349 e. The molecule has 0 atom stereocenters. The van der Waals surface area contributed by atoms with E-state index in [4.69, 9.17) is 9.15 Å². The van der Waals surface area contributed by atoms with Crippen LogP contribution >= 0.6 is 0 Å². The van der Waals surface area contributed by atoms with Gasteiger partial charge < -0.3 is 18.5 Å². The Morgan fingerprint density at radius 2 is 2.07 bits per heavy atom. The Hall–Kier alpha value is -3.27. The fraction of sp³-hybridized carbons (Fsp3) is 0.381. The standard InChI is InChI=1S/C21H24N2O5/c1-13(2)11-23-14(3)8-16(15(23)4)9-17(10-22)20(24)28-12-19-18(6-7-27-19)21(25)26-5/h6-9,13H,11-12H2,1-5H3/b17-9+. The summed E-state index contributed by atoms with van der Waals surface area (Å²) in [5.74, 6) is -0.747. The van der Waals surface area contributed by atoms with Crippen LogP contribution in [0.2, 0.25) is 0 Å². The Morgan fingerprint density at radius 1 is 1.36 bits per heavy atom. The number of methoxy groups -OCH3 is 1. The second-order valence-corrected chi connectivity index (χ2v) is 6.83. The van der Waals surface area contributed by atoms with E-state index in [1.165, 1.54) is 25.5 Å². The van der Waals surface area contributed by atoms with E-state index in [0.717, 1.165) is 23.5 Å². The fourth-order valence-electron chi connectivity index (χ4n) is 2.87. The Bertz CT molecular complexity index is 941. The summed E-state index contributed by atoms with van der Waals surface area (Å²) >= 11 is 0. The van der Waals surface area contributed by atoms with Crippen LogP contribution < -0.4 is 0 Å². The second-order valence-electron chi connectivity index (χ2n) is 6.83. The first-order valence-corrected chi connectivity index (χ1v) is 8.88. The van der Waals surface area contributed by atoms with Crippen LogP contribution in [0.3, 0.4) is 0 Å². The van der Waals surface area contributed by atoms with Crippen molar-refractivity contribution in [2.75, 3.05) is 7.11 Å². The maximum atomic E-state index is 12.3. The SMILES string of the molecule is COC(=O)c1ccoc1COC(=O)/C(C#N)=C/c1cc(C)n(CC(C)C)c1C. The molecule has 0 N–H and O–H groups in total. The van der Waals surface area contributed by atoms with Crippen molar-refractivity contribution in [3.63, 3.8) is 0 Å². The van der Waals surface area contributed by atoms with Crippen LogP contribution in [0, 0.1) is 31.1 Å². The van der Waals surface area contributed by atoms with Crippen molar-refractivity contribution in [2.45, 2.75) is 40.8 Å². The number of nitriles is 1. The molecule has 0 saturated heterocycles. The monoisotopic (exact) mass is 384 g/mol. The predicted octanol–water partition coefficient (Wildman–Crippen LogP) is 3.79. The highest BCUT2D eigenvalue weighted by Crippen LogP contribution is 2.20. The van der Waals surface area contributed by atoms with Crippen LogP contribution in [0.1, 0.15) is 46.9 Å². The van der Waals surface area contributed by atoms with Crippen molar-refractivity contribution in [3.05, 3.63) is 52.2 Å². The average molecular weight is 384 g/mol. The minimum absolute atomic E-state index is 0.129. The lowest BCUT2D eigenvalue weighted by molar-refractivity contribution is -0.140. The lowest BCUT2D eigenvalue weighted by Crippen LogP contribution is -2.10. The Morgan fingerprint density at radius 3 is 2.68 bits per heavy atom. The summed E-state index contributed by atoms with van der Waals surface area (Å²) in [6.45, 7) is 8.77. The molecule has 0 saturated carbocycles. The first-order valence-electron chi connectivity index (χ1n) is 8.88. The van der Waals surface area contributed by atoms with Crippen molar-refractivity contribution >= 4 is 18.0 Å². The summed E-state index contributed by atoms with van der Waals surface area (Å²) in [6.07, 6.45) is 2.82. The third-order valence-electron chi connectivity index (χ3n) is 4.29. The molecule has 0 aliphatic carbocycles. The topological polar surface area (TPSA) is 94.5 Å². The molecule has 2 heterocycles. The number of ether oxygens (including phenoxy) is 2. The maximum absolute atomic E-state index is 12.3. The van der Waals surface area contributed by atoms with Crippen molar-refractivity contribution in [1.82, 2.24) is 4.57 Å². The molecular formula is C21H24N2O5. The van der Waals surface area contributed by atoms with Crippen LogP contribution in [0.25, 0.3) is 6.08 Å². The summed E-state index contributed by atoms with van der Waals surface area (Å²) in [6, 6.07) is 5.25. The van der Waals surface area contributed by atoms with Crippen molar-refractivity contribution in [2.24, 2.45) is 5.92 Å². The first-order chi connectivity index (χ1) is 13.3. The molecule has 0 radical (unpaired) electrons. The number of aryl methyl sites for hydroxylation is 1. The molecular weight excluding hydrogens is 360 g/mol. The van der Waals surface area contributed by atoms with E-state index in [-0.39, 0.29) is 23.5 Å². The number of carbonyl (C=O) groups excluding carboxylic acids is 2. The molecule has 0 unspecified atom stereocenters. The van der Waals surface area contributed by atoms with Gasteiger partial charge in [-0.15, -0.1) is 0 Å². The predicted molar refractivity (Wildman–Crippen MR) is 102 cm³/mol. The summed E-state index contributed by atoms with van der Waals surface area (Å²) in [7, 11) is 1.25. The largest absolute Gasteiger partial charge is 0.465 e. The number of carbonyl (C=O) groups is 2. The minimum Gasteiger partial charge on any atom is -0.465 e. The molecule has 2 aromatic heterocycles.